The van der Waals surface area contributed by atoms with Crippen molar-refractivity contribution in [3.8, 4) is 0 Å². The van der Waals surface area contributed by atoms with E-state index in [0.29, 0.717) is 6.42 Å². The van der Waals surface area contributed by atoms with Crippen molar-refractivity contribution >= 4 is 43.5 Å². The lowest BCUT2D eigenvalue weighted by molar-refractivity contribution is -0.115. The molecule has 1 amide bonds. The van der Waals surface area contributed by atoms with Gasteiger partial charge in [0.25, 0.3) is 0 Å². The molecule has 3 nitrogen and oxygen atoms in total. The topological polar surface area (TPSA) is 42.0 Å². The highest BCUT2D eigenvalue weighted by Crippen LogP contribution is 2.17. The Kier molecular flexibility index (Phi) is 4.71. The first-order chi connectivity index (χ1) is 9.04. The van der Waals surface area contributed by atoms with E-state index in [0.717, 1.165) is 26.0 Å². The van der Waals surface area contributed by atoms with Crippen LogP contribution in [-0.2, 0) is 11.2 Å². The van der Waals surface area contributed by atoms with Gasteiger partial charge in [-0.3, -0.25) is 4.79 Å². The number of benzene rings is 1. The summed E-state index contributed by atoms with van der Waals surface area (Å²) in [6, 6.07) is 11.4. The van der Waals surface area contributed by atoms with Crippen LogP contribution in [0.5, 0.6) is 0 Å². The smallest absolute Gasteiger partial charge is 0.228 e. The summed E-state index contributed by atoms with van der Waals surface area (Å²) >= 11 is 6.66. The van der Waals surface area contributed by atoms with Crippen LogP contribution in [-0.4, -0.2) is 10.9 Å². The second-order valence-electron chi connectivity index (χ2n) is 4.12. The fourth-order valence-corrected chi connectivity index (χ4v) is 2.31. The second kappa shape index (κ2) is 6.30. The zero-order chi connectivity index (χ0) is 13.8. The Hall–Kier alpha value is -1.20. The van der Waals surface area contributed by atoms with E-state index in [9.17, 15) is 4.79 Å². The molecule has 0 aliphatic heterocycles. The molecular formula is C14H12Br2N2O. The number of aryl methyl sites for hydroxylation is 1. The van der Waals surface area contributed by atoms with Crippen LogP contribution in [0.15, 0.2) is 45.5 Å². The van der Waals surface area contributed by atoms with Crippen molar-refractivity contribution in [2.24, 2.45) is 0 Å². The monoisotopic (exact) mass is 382 g/mol. The molecule has 0 atom stereocenters. The molecule has 0 unspecified atom stereocenters. The van der Waals surface area contributed by atoms with Crippen molar-refractivity contribution in [3.63, 3.8) is 0 Å². The molecular weight excluding hydrogens is 372 g/mol. The number of pyridine rings is 1. The molecule has 0 bridgehead atoms. The zero-order valence-electron chi connectivity index (χ0n) is 10.3. The number of aromatic nitrogens is 1. The van der Waals surface area contributed by atoms with Gasteiger partial charge in [-0.2, -0.15) is 0 Å². The van der Waals surface area contributed by atoms with E-state index in [1.54, 1.807) is 0 Å². The Balaban J connectivity index is 2.03. The van der Waals surface area contributed by atoms with E-state index in [2.05, 4.69) is 42.2 Å². The first-order valence-corrected chi connectivity index (χ1v) is 7.30. The average molecular weight is 384 g/mol. The lowest BCUT2D eigenvalue weighted by Gasteiger charge is -2.08. The van der Waals surface area contributed by atoms with E-state index in [-0.39, 0.29) is 5.91 Å². The van der Waals surface area contributed by atoms with Gasteiger partial charge in [0.1, 0.15) is 4.60 Å². The zero-order valence-corrected chi connectivity index (χ0v) is 13.5. The summed E-state index contributed by atoms with van der Waals surface area (Å²) in [5, 5.41) is 2.87. The maximum Gasteiger partial charge on any atom is 0.228 e. The number of amides is 1. The molecule has 1 heterocycles. The van der Waals surface area contributed by atoms with Gasteiger partial charge in [0.15, 0.2) is 0 Å². The predicted molar refractivity (Wildman–Crippen MR) is 83.1 cm³/mol. The molecule has 2 aromatic rings. The van der Waals surface area contributed by atoms with E-state index >= 15 is 0 Å². The Morgan fingerprint density at radius 1 is 1.16 bits per heavy atom. The number of carbonyl (C=O) groups is 1. The number of hydrogen-bond donors (Lipinski definition) is 1. The van der Waals surface area contributed by atoms with Gasteiger partial charge in [-0.1, -0.05) is 28.1 Å². The number of anilines is 1. The summed E-state index contributed by atoms with van der Waals surface area (Å²) in [6.07, 6.45) is 0.350. The third-order valence-electron chi connectivity index (χ3n) is 2.60. The quantitative estimate of drug-likeness (QED) is 0.810. The van der Waals surface area contributed by atoms with E-state index in [4.69, 9.17) is 0 Å². The molecule has 2 rings (SSSR count). The first kappa shape index (κ1) is 14.2. The Morgan fingerprint density at radius 2 is 1.84 bits per heavy atom. The van der Waals surface area contributed by atoms with E-state index in [1.807, 2.05) is 43.3 Å². The van der Waals surface area contributed by atoms with Crippen LogP contribution in [0.2, 0.25) is 0 Å². The van der Waals surface area contributed by atoms with Crippen molar-refractivity contribution in [2.75, 3.05) is 5.32 Å². The number of nitrogens with zero attached hydrogens (tertiary/aromatic N) is 1. The summed E-state index contributed by atoms with van der Waals surface area (Å²) in [4.78, 5) is 16.2. The van der Waals surface area contributed by atoms with Gasteiger partial charge in [0, 0.05) is 4.47 Å². The lowest BCUT2D eigenvalue weighted by atomic mass is 10.1. The van der Waals surface area contributed by atoms with Gasteiger partial charge in [-0.15, -0.1) is 0 Å². The van der Waals surface area contributed by atoms with Crippen LogP contribution < -0.4 is 5.32 Å². The molecule has 1 aromatic carbocycles. The van der Waals surface area contributed by atoms with Crippen molar-refractivity contribution in [1.29, 1.82) is 0 Å². The van der Waals surface area contributed by atoms with Crippen LogP contribution in [0.25, 0.3) is 0 Å². The van der Waals surface area contributed by atoms with Gasteiger partial charge < -0.3 is 5.32 Å². The standard InChI is InChI=1S/C14H12Br2N2O/c1-9-12(6-7-13(16)17-9)18-14(19)8-10-2-4-11(15)5-3-10/h2-7H,8H2,1H3,(H,18,19). The normalized spacial score (nSPS) is 10.3. The van der Waals surface area contributed by atoms with Crippen molar-refractivity contribution in [3.05, 3.63) is 56.7 Å². The molecule has 1 N–H and O–H groups in total. The summed E-state index contributed by atoms with van der Waals surface area (Å²) in [5.74, 6) is -0.0467. The molecule has 0 fully saturated rings. The maximum atomic E-state index is 11.9. The minimum Gasteiger partial charge on any atom is -0.324 e. The van der Waals surface area contributed by atoms with Gasteiger partial charge in [0.2, 0.25) is 5.91 Å². The van der Waals surface area contributed by atoms with E-state index in [1.165, 1.54) is 0 Å². The van der Waals surface area contributed by atoms with Gasteiger partial charge in [-0.05, 0) is 52.7 Å². The van der Waals surface area contributed by atoms with Crippen LogP contribution in [0.1, 0.15) is 11.3 Å². The van der Waals surface area contributed by atoms with Crippen molar-refractivity contribution in [2.45, 2.75) is 13.3 Å². The van der Waals surface area contributed by atoms with Crippen LogP contribution in [0, 0.1) is 6.92 Å². The molecule has 1 aromatic heterocycles. The minimum atomic E-state index is -0.0467. The SMILES string of the molecule is Cc1nc(Br)ccc1NC(=O)Cc1ccc(Br)cc1. The maximum absolute atomic E-state index is 11.9. The highest BCUT2D eigenvalue weighted by Gasteiger charge is 2.07. The molecule has 98 valence electrons. The molecule has 0 aliphatic carbocycles. The van der Waals surface area contributed by atoms with Crippen LogP contribution >= 0.6 is 31.9 Å². The van der Waals surface area contributed by atoms with Crippen molar-refractivity contribution in [1.82, 2.24) is 4.98 Å². The first-order valence-electron chi connectivity index (χ1n) is 5.72. The fourth-order valence-electron chi connectivity index (χ4n) is 1.64. The predicted octanol–water partition coefficient (Wildman–Crippen LogP) is 4.10. The Morgan fingerprint density at radius 3 is 2.47 bits per heavy atom. The van der Waals surface area contributed by atoms with Crippen LogP contribution in [0.3, 0.4) is 0 Å². The highest BCUT2D eigenvalue weighted by atomic mass is 79.9. The number of carbonyl (C=O) groups excluding carboxylic acids is 1. The van der Waals surface area contributed by atoms with Crippen molar-refractivity contribution < 1.29 is 4.79 Å². The number of hydrogen-bond acceptors (Lipinski definition) is 2. The van der Waals surface area contributed by atoms with E-state index < -0.39 is 0 Å². The molecule has 0 saturated carbocycles. The number of rotatable bonds is 3. The third kappa shape index (κ3) is 4.14. The number of nitrogens with one attached hydrogen (secondary N) is 1. The molecule has 5 heteroatoms. The van der Waals surface area contributed by atoms with Gasteiger partial charge in [0.05, 0.1) is 17.8 Å². The summed E-state index contributed by atoms with van der Waals surface area (Å²) in [7, 11) is 0. The molecule has 0 spiro atoms. The molecule has 0 radical (unpaired) electrons. The number of halogens is 2. The molecule has 0 aliphatic rings. The summed E-state index contributed by atoms with van der Waals surface area (Å²) < 4.78 is 1.76. The van der Waals surface area contributed by atoms with Gasteiger partial charge in [-0.25, -0.2) is 4.98 Å². The fraction of sp³-hybridized carbons (Fsp3) is 0.143. The molecule has 19 heavy (non-hydrogen) atoms. The summed E-state index contributed by atoms with van der Waals surface area (Å²) in [5.41, 5.74) is 2.51. The third-order valence-corrected chi connectivity index (χ3v) is 3.57. The minimum absolute atomic E-state index is 0.0467. The highest BCUT2D eigenvalue weighted by molar-refractivity contribution is 9.10. The lowest BCUT2D eigenvalue weighted by Crippen LogP contribution is -2.15. The molecule has 0 saturated heterocycles. The summed E-state index contributed by atoms with van der Waals surface area (Å²) in [6.45, 7) is 1.86. The Bertz CT molecular complexity index is 597. The average Bonchev–Trinajstić information content (AvgIpc) is 2.36. The van der Waals surface area contributed by atoms with Gasteiger partial charge >= 0.3 is 0 Å². The largest absolute Gasteiger partial charge is 0.324 e. The Labute approximate surface area is 128 Å². The van der Waals surface area contributed by atoms with Crippen LogP contribution in [0.4, 0.5) is 5.69 Å². The second-order valence-corrected chi connectivity index (χ2v) is 5.85.